The highest BCUT2D eigenvalue weighted by Gasteiger charge is 2.08. The fourth-order valence-corrected chi connectivity index (χ4v) is 3.75. The molecule has 1 N–H and O–H groups in total. The number of thiophene rings is 1. The van der Waals surface area contributed by atoms with E-state index in [0.717, 1.165) is 21.8 Å². The topological polar surface area (TPSA) is 85.2 Å². The van der Waals surface area contributed by atoms with E-state index < -0.39 is 0 Å². The summed E-state index contributed by atoms with van der Waals surface area (Å²) in [5.41, 5.74) is 6.86. The van der Waals surface area contributed by atoms with Crippen LogP contribution in [0.1, 0.15) is 21.0 Å². The van der Waals surface area contributed by atoms with Gasteiger partial charge >= 0.3 is 6.01 Å². The van der Waals surface area contributed by atoms with E-state index in [1.54, 1.807) is 36.1 Å². The molecule has 31 heavy (non-hydrogen) atoms. The van der Waals surface area contributed by atoms with Gasteiger partial charge in [0.1, 0.15) is 0 Å². The van der Waals surface area contributed by atoms with Crippen LogP contribution in [-0.2, 0) is 6.42 Å². The van der Waals surface area contributed by atoms with E-state index in [2.05, 4.69) is 50.4 Å². The molecular formula is C23H22N6OS. The average Bonchev–Trinajstić information content (AvgIpc) is 3.12. The number of hydrazone groups is 1. The van der Waals surface area contributed by atoms with Crippen molar-refractivity contribution in [2.24, 2.45) is 5.10 Å². The zero-order valence-corrected chi connectivity index (χ0v) is 18.1. The summed E-state index contributed by atoms with van der Waals surface area (Å²) in [5, 5.41) is 4.34. The van der Waals surface area contributed by atoms with Crippen LogP contribution in [0.3, 0.4) is 0 Å². The van der Waals surface area contributed by atoms with Crippen LogP contribution in [0.25, 0.3) is 11.3 Å². The lowest BCUT2D eigenvalue weighted by Gasteiger charge is -2.09. The van der Waals surface area contributed by atoms with E-state index in [4.69, 9.17) is 4.74 Å². The lowest BCUT2D eigenvalue weighted by atomic mass is 10.2. The van der Waals surface area contributed by atoms with Crippen LogP contribution in [-0.4, -0.2) is 32.8 Å². The number of hydrogen-bond donors (Lipinski definition) is 1. The molecule has 4 aromatic heterocycles. The molecule has 0 bridgehead atoms. The average molecular weight is 431 g/mol. The highest BCUT2D eigenvalue weighted by atomic mass is 32.1. The molecule has 0 aliphatic carbocycles. The molecular weight excluding hydrogens is 408 g/mol. The molecule has 0 atom stereocenters. The number of nitrogens with one attached hydrogen (secondary N) is 1. The van der Waals surface area contributed by atoms with Crippen LogP contribution in [0.2, 0.25) is 0 Å². The first-order valence-electron chi connectivity index (χ1n) is 9.86. The molecule has 0 aromatic carbocycles. The van der Waals surface area contributed by atoms with Crippen LogP contribution >= 0.6 is 11.3 Å². The van der Waals surface area contributed by atoms with Crippen LogP contribution in [0.5, 0.6) is 6.01 Å². The monoisotopic (exact) mass is 430 g/mol. The Labute approximate surface area is 184 Å². The smallest absolute Gasteiger partial charge is 0.318 e. The first-order valence-corrected chi connectivity index (χ1v) is 10.7. The first-order chi connectivity index (χ1) is 15.2. The fraction of sp³-hybridized carbons (Fsp3) is 0.174. The second-order valence-electron chi connectivity index (χ2n) is 6.83. The Balaban J connectivity index is 1.51. The summed E-state index contributed by atoms with van der Waals surface area (Å²) < 4.78 is 5.83. The molecule has 4 aromatic rings. The third-order valence-electron chi connectivity index (χ3n) is 4.55. The standard InChI is InChI=1S/C23H22N6OS/c1-16-13-20(31-17(16)2)15-26-29-22-14-21(18-6-10-24-11-7-18)27-23(28-22)30-12-8-19-5-3-4-9-25-19/h3-7,9-11,13-15H,8,12H2,1-2H3,(H,27,28,29)/b26-15+. The number of anilines is 1. The van der Waals surface area contributed by atoms with Gasteiger partial charge in [-0.1, -0.05) is 6.07 Å². The van der Waals surface area contributed by atoms with Gasteiger partial charge in [0.05, 0.1) is 18.5 Å². The van der Waals surface area contributed by atoms with Crippen molar-refractivity contribution in [1.82, 2.24) is 19.9 Å². The van der Waals surface area contributed by atoms with E-state index in [1.807, 2.05) is 36.4 Å². The number of hydrogen-bond acceptors (Lipinski definition) is 8. The third-order valence-corrected chi connectivity index (χ3v) is 5.64. The largest absolute Gasteiger partial charge is 0.463 e. The fourth-order valence-electron chi connectivity index (χ4n) is 2.84. The second kappa shape index (κ2) is 9.90. The second-order valence-corrected chi connectivity index (χ2v) is 8.12. The summed E-state index contributed by atoms with van der Waals surface area (Å²) in [4.78, 5) is 19.7. The molecule has 4 rings (SSSR count). The van der Waals surface area contributed by atoms with Crippen molar-refractivity contribution in [2.75, 3.05) is 12.0 Å². The van der Waals surface area contributed by atoms with Gasteiger partial charge in [0.15, 0.2) is 5.82 Å². The Bertz CT molecular complexity index is 1140. The normalized spacial score (nSPS) is 11.0. The van der Waals surface area contributed by atoms with Gasteiger partial charge in [-0.15, -0.1) is 11.3 Å². The predicted octanol–water partition coefficient (Wildman–Crippen LogP) is 4.68. The van der Waals surface area contributed by atoms with Crippen LogP contribution in [0.15, 0.2) is 66.2 Å². The zero-order chi connectivity index (χ0) is 21.5. The maximum atomic E-state index is 5.83. The summed E-state index contributed by atoms with van der Waals surface area (Å²) >= 11 is 1.70. The maximum Gasteiger partial charge on any atom is 0.318 e. The SMILES string of the molecule is Cc1cc(/C=N/Nc2cc(-c3ccncc3)nc(OCCc3ccccn3)n2)sc1C. The summed E-state index contributed by atoms with van der Waals surface area (Å²) in [6, 6.07) is 13.8. The molecule has 4 heterocycles. The lowest BCUT2D eigenvalue weighted by Crippen LogP contribution is -2.07. The number of nitrogens with zero attached hydrogens (tertiary/aromatic N) is 5. The molecule has 0 aliphatic rings. The Morgan fingerprint density at radius 3 is 2.68 bits per heavy atom. The molecule has 0 saturated carbocycles. The van der Waals surface area contributed by atoms with Gasteiger partial charge in [-0.2, -0.15) is 15.1 Å². The number of rotatable bonds is 8. The van der Waals surface area contributed by atoms with Crippen molar-refractivity contribution in [1.29, 1.82) is 0 Å². The van der Waals surface area contributed by atoms with Gasteiger partial charge in [0.25, 0.3) is 0 Å². The minimum Gasteiger partial charge on any atom is -0.463 e. The Hall–Kier alpha value is -3.65. The van der Waals surface area contributed by atoms with E-state index in [-0.39, 0.29) is 6.01 Å². The van der Waals surface area contributed by atoms with Crippen LogP contribution in [0, 0.1) is 13.8 Å². The van der Waals surface area contributed by atoms with Gasteiger partial charge in [0, 0.05) is 52.1 Å². The van der Waals surface area contributed by atoms with E-state index in [9.17, 15) is 0 Å². The number of ether oxygens (including phenoxy) is 1. The predicted molar refractivity (Wildman–Crippen MR) is 124 cm³/mol. The van der Waals surface area contributed by atoms with Crippen LogP contribution in [0.4, 0.5) is 5.82 Å². The first kappa shape index (κ1) is 20.6. The van der Waals surface area contributed by atoms with Gasteiger partial charge < -0.3 is 4.74 Å². The molecule has 156 valence electrons. The van der Waals surface area contributed by atoms with Crippen LogP contribution < -0.4 is 10.2 Å². The van der Waals surface area contributed by atoms with E-state index in [1.165, 1.54) is 10.4 Å². The van der Waals surface area contributed by atoms with Gasteiger partial charge in [0.2, 0.25) is 0 Å². The zero-order valence-electron chi connectivity index (χ0n) is 17.3. The van der Waals surface area contributed by atoms with Crippen molar-refractivity contribution >= 4 is 23.4 Å². The third kappa shape index (κ3) is 5.70. The summed E-state index contributed by atoms with van der Waals surface area (Å²) in [7, 11) is 0. The number of pyridine rings is 2. The Morgan fingerprint density at radius 2 is 1.94 bits per heavy atom. The summed E-state index contributed by atoms with van der Waals surface area (Å²) in [6.45, 7) is 4.62. The van der Waals surface area contributed by atoms with Crippen molar-refractivity contribution in [3.63, 3.8) is 0 Å². The lowest BCUT2D eigenvalue weighted by molar-refractivity contribution is 0.296. The molecule has 0 amide bonds. The summed E-state index contributed by atoms with van der Waals surface area (Å²) in [5.74, 6) is 0.552. The maximum absolute atomic E-state index is 5.83. The molecule has 8 heteroatoms. The van der Waals surface area contributed by atoms with Crippen molar-refractivity contribution in [3.8, 4) is 17.3 Å². The Morgan fingerprint density at radius 1 is 1.06 bits per heavy atom. The number of aromatic nitrogens is 4. The molecule has 0 spiro atoms. The number of aryl methyl sites for hydroxylation is 2. The molecule has 0 aliphatic heterocycles. The van der Waals surface area contributed by atoms with E-state index in [0.29, 0.717) is 18.8 Å². The molecule has 0 saturated heterocycles. The van der Waals surface area contributed by atoms with Gasteiger partial charge in [-0.05, 0) is 49.7 Å². The summed E-state index contributed by atoms with van der Waals surface area (Å²) in [6.07, 6.45) is 7.69. The quantitative estimate of drug-likeness (QED) is 0.323. The molecule has 0 fully saturated rings. The Kier molecular flexibility index (Phi) is 6.59. The molecule has 0 radical (unpaired) electrons. The van der Waals surface area contributed by atoms with E-state index >= 15 is 0 Å². The van der Waals surface area contributed by atoms with Crippen molar-refractivity contribution in [3.05, 3.63) is 82.1 Å². The molecule has 7 nitrogen and oxygen atoms in total. The van der Waals surface area contributed by atoms with Crippen molar-refractivity contribution in [2.45, 2.75) is 20.3 Å². The highest BCUT2D eigenvalue weighted by Crippen LogP contribution is 2.22. The van der Waals surface area contributed by atoms with Gasteiger partial charge in [-0.25, -0.2) is 0 Å². The highest BCUT2D eigenvalue weighted by molar-refractivity contribution is 7.13. The van der Waals surface area contributed by atoms with Crippen molar-refractivity contribution < 1.29 is 4.74 Å². The minimum absolute atomic E-state index is 0.283. The molecule has 0 unspecified atom stereocenters. The minimum atomic E-state index is 0.283. The van der Waals surface area contributed by atoms with Gasteiger partial charge in [-0.3, -0.25) is 15.4 Å².